The van der Waals surface area contributed by atoms with Crippen LogP contribution in [0.1, 0.15) is 84.1 Å². The summed E-state index contributed by atoms with van der Waals surface area (Å²) in [6, 6.07) is 5.59. The summed E-state index contributed by atoms with van der Waals surface area (Å²) in [6.45, 7) is 10.9. The first kappa shape index (κ1) is 27.5. The molecule has 5 heteroatoms. The van der Waals surface area contributed by atoms with Crippen LogP contribution in [-0.4, -0.2) is 31.6 Å². The fourth-order valence-corrected chi connectivity index (χ4v) is 3.22. The number of Topliss-reactive ketones (excluding diaryl/α,β-unsaturated/α-hetero) is 1. The molecular formula is C27H40O5. The predicted octanol–water partition coefficient (Wildman–Crippen LogP) is 6.70. The van der Waals surface area contributed by atoms with E-state index in [0.717, 1.165) is 37.7 Å². The smallest absolute Gasteiger partial charge is 0.330 e. The molecule has 1 aromatic rings. The molecule has 0 aliphatic heterocycles. The summed E-state index contributed by atoms with van der Waals surface area (Å²) in [5.41, 5.74) is 1.52. The topological polar surface area (TPSA) is 61.8 Å². The lowest BCUT2D eigenvalue weighted by Gasteiger charge is -2.11. The maximum atomic E-state index is 11.9. The predicted molar refractivity (Wildman–Crippen MR) is 130 cm³/mol. The van der Waals surface area contributed by atoms with E-state index in [0.29, 0.717) is 43.3 Å². The van der Waals surface area contributed by atoms with E-state index in [2.05, 4.69) is 6.58 Å². The Morgan fingerprint density at radius 1 is 0.875 bits per heavy atom. The van der Waals surface area contributed by atoms with E-state index < -0.39 is 0 Å². The molecule has 0 radical (unpaired) electrons. The zero-order valence-corrected chi connectivity index (χ0v) is 20.1. The third-order valence-corrected chi connectivity index (χ3v) is 5.00. The standard InChI is InChI=1S/C27H40O5/c1-5-30-25-18-16-23(21-26(25)31-6-2)17-19-27(29)32-20-14-12-10-8-7-9-11-13-15-24(28)22(3)4/h16-19,21H,3,5-15,20H2,1-2,4H3/b19-17+. The second-order valence-electron chi connectivity index (χ2n) is 7.85. The van der Waals surface area contributed by atoms with Crippen molar-refractivity contribution in [1.29, 1.82) is 0 Å². The van der Waals surface area contributed by atoms with E-state index in [4.69, 9.17) is 14.2 Å². The van der Waals surface area contributed by atoms with Crippen LogP contribution in [0.5, 0.6) is 11.5 Å². The molecule has 0 atom stereocenters. The molecule has 1 aromatic carbocycles. The number of carbonyl (C=O) groups excluding carboxylic acids is 2. The lowest BCUT2D eigenvalue weighted by Crippen LogP contribution is -2.02. The molecule has 178 valence electrons. The maximum Gasteiger partial charge on any atom is 0.330 e. The second kappa shape index (κ2) is 17.0. The molecule has 0 unspecified atom stereocenters. The van der Waals surface area contributed by atoms with E-state index in [1.54, 1.807) is 13.0 Å². The van der Waals surface area contributed by atoms with Crippen molar-refractivity contribution in [2.75, 3.05) is 19.8 Å². The SMILES string of the molecule is C=C(C)C(=O)CCCCCCCCCCOC(=O)/C=C/c1ccc(OCC)c(OCC)c1. The molecule has 1 rings (SSSR count). The zero-order valence-electron chi connectivity index (χ0n) is 20.1. The minimum Gasteiger partial charge on any atom is -0.490 e. The van der Waals surface area contributed by atoms with Crippen molar-refractivity contribution in [3.05, 3.63) is 42.0 Å². The van der Waals surface area contributed by atoms with Gasteiger partial charge in [-0.25, -0.2) is 4.79 Å². The first-order valence-corrected chi connectivity index (χ1v) is 11.9. The van der Waals surface area contributed by atoms with Crippen LogP contribution >= 0.6 is 0 Å². The molecule has 32 heavy (non-hydrogen) atoms. The molecule has 0 amide bonds. The second-order valence-corrected chi connectivity index (χ2v) is 7.85. The molecule has 0 aromatic heterocycles. The molecule has 5 nitrogen and oxygen atoms in total. The largest absolute Gasteiger partial charge is 0.490 e. The normalized spacial score (nSPS) is 10.8. The van der Waals surface area contributed by atoms with Crippen molar-refractivity contribution in [2.24, 2.45) is 0 Å². The number of benzene rings is 1. The number of esters is 1. The molecular weight excluding hydrogens is 404 g/mol. The molecule has 0 aliphatic carbocycles. The van der Waals surface area contributed by atoms with Gasteiger partial charge >= 0.3 is 5.97 Å². The quantitative estimate of drug-likeness (QED) is 0.143. The molecule has 0 fully saturated rings. The van der Waals surface area contributed by atoms with Gasteiger partial charge in [0.05, 0.1) is 19.8 Å². The highest BCUT2D eigenvalue weighted by Gasteiger charge is 2.05. The molecule has 0 saturated heterocycles. The van der Waals surface area contributed by atoms with Gasteiger partial charge in [-0.2, -0.15) is 0 Å². The van der Waals surface area contributed by atoms with Gasteiger partial charge < -0.3 is 14.2 Å². The van der Waals surface area contributed by atoms with Crippen LogP contribution in [0, 0.1) is 0 Å². The Morgan fingerprint density at radius 2 is 1.47 bits per heavy atom. The molecule has 0 spiro atoms. The van der Waals surface area contributed by atoms with Crippen LogP contribution in [-0.2, 0) is 14.3 Å². The van der Waals surface area contributed by atoms with E-state index in [9.17, 15) is 9.59 Å². The third-order valence-electron chi connectivity index (χ3n) is 5.00. The molecule has 0 N–H and O–H groups in total. The number of ether oxygens (including phenoxy) is 3. The Morgan fingerprint density at radius 3 is 2.09 bits per heavy atom. The van der Waals surface area contributed by atoms with Crippen molar-refractivity contribution in [1.82, 2.24) is 0 Å². The number of ketones is 1. The Balaban J connectivity index is 2.14. The van der Waals surface area contributed by atoms with Crippen molar-refractivity contribution >= 4 is 17.8 Å². The summed E-state index contributed by atoms with van der Waals surface area (Å²) < 4.78 is 16.4. The van der Waals surface area contributed by atoms with Crippen molar-refractivity contribution in [3.8, 4) is 11.5 Å². The first-order chi connectivity index (χ1) is 15.5. The van der Waals surface area contributed by atoms with Gasteiger partial charge in [-0.05, 0) is 63.0 Å². The highest BCUT2D eigenvalue weighted by molar-refractivity contribution is 5.94. The summed E-state index contributed by atoms with van der Waals surface area (Å²) in [4.78, 5) is 23.4. The number of rotatable bonds is 18. The van der Waals surface area contributed by atoms with E-state index in [1.807, 2.05) is 32.0 Å². The number of unbranched alkanes of at least 4 members (excludes halogenated alkanes) is 7. The fraction of sp³-hybridized carbons (Fsp3) is 0.556. The van der Waals surface area contributed by atoms with Gasteiger partial charge in [0.2, 0.25) is 0 Å². The summed E-state index contributed by atoms with van der Waals surface area (Å²) in [6.07, 6.45) is 12.5. The zero-order chi connectivity index (χ0) is 23.6. The fourth-order valence-electron chi connectivity index (χ4n) is 3.22. The van der Waals surface area contributed by atoms with E-state index in [-0.39, 0.29) is 11.8 Å². The number of carbonyl (C=O) groups is 2. The van der Waals surface area contributed by atoms with Crippen LogP contribution < -0.4 is 9.47 Å². The molecule has 0 bridgehead atoms. The average Bonchev–Trinajstić information content (AvgIpc) is 2.77. The molecule has 0 saturated carbocycles. The van der Waals surface area contributed by atoms with Gasteiger partial charge in [-0.3, -0.25) is 4.79 Å². The van der Waals surface area contributed by atoms with Crippen molar-refractivity contribution in [3.63, 3.8) is 0 Å². The van der Waals surface area contributed by atoms with Crippen LogP contribution in [0.2, 0.25) is 0 Å². The van der Waals surface area contributed by atoms with Crippen molar-refractivity contribution < 1.29 is 23.8 Å². The Bertz CT molecular complexity index is 736. The van der Waals surface area contributed by atoms with Crippen LogP contribution in [0.25, 0.3) is 6.08 Å². The van der Waals surface area contributed by atoms with E-state index in [1.165, 1.54) is 25.3 Å². The average molecular weight is 445 g/mol. The summed E-state index contributed by atoms with van der Waals surface area (Å²) in [7, 11) is 0. The Kier molecular flexibility index (Phi) is 14.6. The summed E-state index contributed by atoms with van der Waals surface area (Å²) in [5, 5.41) is 0. The third kappa shape index (κ3) is 12.3. The van der Waals surface area contributed by atoms with Gasteiger partial charge in [0, 0.05) is 12.5 Å². The maximum absolute atomic E-state index is 11.9. The van der Waals surface area contributed by atoms with Gasteiger partial charge in [0.25, 0.3) is 0 Å². The number of hydrogen-bond donors (Lipinski definition) is 0. The van der Waals surface area contributed by atoms with Gasteiger partial charge in [-0.15, -0.1) is 0 Å². The van der Waals surface area contributed by atoms with Crippen molar-refractivity contribution in [2.45, 2.75) is 78.6 Å². The van der Waals surface area contributed by atoms with Gasteiger partial charge in [0.1, 0.15) is 0 Å². The first-order valence-electron chi connectivity index (χ1n) is 11.9. The Hall–Kier alpha value is -2.56. The minimum atomic E-state index is -0.332. The highest BCUT2D eigenvalue weighted by Crippen LogP contribution is 2.29. The summed E-state index contributed by atoms with van der Waals surface area (Å²) in [5.74, 6) is 1.22. The number of allylic oxidation sites excluding steroid dienone is 1. The highest BCUT2D eigenvalue weighted by atomic mass is 16.5. The van der Waals surface area contributed by atoms with E-state index >= 15 is 0 Å². The molecule has 0 heterocycles. The van der Waals surface area contributed by atoms with Crippen LogP contribution in [0.15, 0.2) is 36.4 Å². The van der Waals surface area contributed by atoms with Gasteiger partial charge in [0.15, 0.2) is 17.3 Å². The lowest BCUT2D eigenvalue weighted by atomic mass is 10.0. The van der Waals surface area contributed by atoms with Crippen LogP contribution in [0.4, 0.5) is 0 Å². The van der Waals surface area contributed by atoms with Gasteiger partial charge in [-0.1, -0.05) is 51.2 Å². The monoisotopic (exact) mass is 444 g/mol. The number of hydrogen-bond acceptors (Lipinski definition) is 5. The summed E-state index contributed by atoms with van der Waals surface area (Å²) >= 11 is 0. The van der Waals surface area contributed by atoms with Crippen LogP contribution in [0.3, 0.4) is 0 Å². The lowest BCUT2D eigenvalue weighted by molar-refractivity contribution is -0.137. The minimum absolute atomic E-state index is 0.184. The Labute approximate surface area is 193 Å². The molecule has 0 aliphatic rings.